The molecule has 29 heavy (non-hydrogen) atoms. The number of benzene rings is 1. The van der Waals surface area contributed by atoms with Gasteiger partial charge in [-0.15, -0.1) is 24.0 Å². The molecule has 0 radical (unpaired) electrons. The third-order valence-corrected chi connectivity index (χ3v) is 5.23. The maximum atomic E-state index is 13.1. The van der Waals surface area contributed by atoms with E-state index in [0.29, 0.717) is 19.1 Å². The molecule has 2 aliphatic rings. The van der Waals surface area contributed by atoms with Crippen LogP contribution in [0.5, 0.6) is 0 Å². The van der Waals surface area contributed by atoms with Gasteiger partial charge < -0.3 is 25.2 Å². The van der Waals surface area contributed by atoms with E-state index in [1.807, 2.05) is 12.1 Å². The van der Waals surface area contributed by atoms with E-state index in [1.54, 1.807) is 14.0 Å². The van der Waals surface area contributed by atoms with Gasteiger partial charge in [0.2, 0.25) is 0 Å². The summed E-state index contributed by atoms with van der Waals surface area (Å²) in [4.78, 5) is 20.6. The van der Waals surface area contributed by atoms with Gasteiger partial charge in [0.1, 0.15) is 5.82 Å². The molecule has 1 saturated carbocycles. The van der Waals surface area contributed by atoms with Crippen molar-refractivity contribution in [3.63, 3.8) is 0 Å². The maximum Gasteiger partial charge on any atom is 0.407 e. The first kappa shape index (κ1) is 23.5. The first-order valence-electron chi connectivity index (χ1n) is 10.00. The lowest BCUT2D eigenvalue weighted by atomic mass is 10.2. The maximum absolute atomic E-state index is 13.1. The Labute approximate surface area is 189 Å². The molecule has 1 atom stereocenters. The highest BCUT2D eigenvalue weighted by Gasteiger charge is 2.33. The standard InChI is InChI=1S/C20H30FN5O2.HI/c1-3-28-20(27)24-18(15-4-5-15)14-23-19(22-2)26-12-10-25(11-13-26)17-8-6-16(21)7-9-17;/h6-9,15,18H,3-5,10-14H2,1-2H3,(H,22,23)(H,24,27);1H. The van der Waals surface area contributed by atoms with Crippen LogP contribution in [0.3, 0.4) is 0 Å². The van der Waals surface area contributed by atoms with E-state index in [9.17, 15) is 9.18 Å². The van der Waals surface area contributed by atoms with Crippen LogP contribution in [0.4, 0.5) is 14.9 Å². The predicted octanol–water partition coefficient (Wildman–Crippen LogP) is 2.67. The molecule has 162 valence electrons. The first-order valence-corrected chi connectivity index (χ1v) is 10.00. The molecule has 9 heteroatoms. The molecule has 3 rings (SSSR count). The minimum absolute atomic E-state index is 0. The summed E-state index contributed by atoms with van der Waals surface area (Å²) in [6.45, 7) is 6.16. The summed E-state index contributed by atoms with van der Waals surface area (Å²) in [5.74, 6) is 1.13. The van der Waals surface area contributed by atoms with Crippen molar-refractivity contribution in [2.45, 2.75) is 25.8 Å². The number of anilines is 1. The first-order chi connectivity index (χ1) is 13.6. The number of aliphatic imine (C=N–C) groups is 1. The second-order valence-corrected chi connectivity index (χ2v) is 7.19. The number of nitrogens with zero attached hydrogens (tertiary/aromatic N) is 3. The van der Waals surface area contributed by atoms with Crippen LogP contribution in [0, 0.1) is 11.7 Å². The zero-order valence-electron chi connectivity index (χ0n) is 17.1. The van der Waals surface area contributed by atoms with Crippen LogP contribution in [0.25, 0.3) is 0 Å². The Morgan fingerprint density at radius 2 is 1.90 bits per heavy atom. The number of carbonyl (C=O) groups is 1. The third-order valence-electron chi connectivity index (χ3n) is 5.23. The predicted molar refractivity (Wildman–Crippen MR) is 124 cm³/mol. The molecule has 1 aliphatic carbocycles. The summed E-state index contributed by atoms with van der Waals surface area (Å²) in [5.41, 5.74) is 1.04. The molecule has 0 aromatic heterocycles. The molecule has 1 aromatic carbocycles. The van der Waals surface area contributed by atoms with Crippen molar-refractivity contribution in [1.82, 2.24) is 15.5 Å². The van der Waals surface area contributed by atoms with Gasteiger partial charge in [-0.3, -0.25) is 4.99 Å². The summed E-state index contributed by atoms with van der Waals surface area (Å²) in [5, 5.41) is 6.37. The highest BCUT2D eigenvalue weighted by atomic mass is 127. The number of hydrogen-bond donors (Lipinski definition) is 2. The second-order valence-electron chi connectivity index (χ2n) is 7.19. The Morgan fingerprint density at radius 3 is 2.45 bits per heavy atom. The Kier molecular flexibility index (Phi) is 9.25. The lowest BCUT2D eigenvalue weighted by Crippen LogP contribution is -2.54. The van der Waals surface area contributed by atoms with E-state index < -0.39 is 0 Å². The number of carbonyl (C=O) groups excluding carboxylic acids is 1. The van der Waals surface area contributed by atoms with Gasteiger partial charge >= 0.3 is 6.09 Å². The lowest BCUT2D eigenvalue weighted by Gasteiger charge is -2.38. The fraction of sp³-hybridized carbons (Fsp3) is 0.600. The second kappa shape index (κ2) is 11.4. The number of amides is 1. The summed E-state index contributed by atoms with van der Waals surface area (Å²) in [6, 6.07) is 6.68. The third kappa shape index (κ3) is 6.90. The summed E-state index contributed by atoms with van der Waals surface area (Å²) < 4.78 is 18.1. The van der Waals surface area contributed by atoms with E-state index in [-0.39, 0.29) is 41.9 Å². The average Bonchev–Trinajstić information content (AvgIpc) is 3.54. The molecule has 2 N–H and O–H groups in total. The Bertz CT molecular complexity index is 676. The highest BCUT2D eigenvalue weighted by molar-refractivity contribution is 14.0. The normalized spacial score (nSPS) is 18.0. The quantitative estimate of drug-likeness (QED) is 0.344. The van der Waals surface area contributed by atoms with Gasteiger partial charge in [0.05, 0.1) is 12.6 Å². The number of halogens is 2. The van der Waals surface area contributed by atoms with Gasteiger partial charge in [0, 0.05) is 45.5 Å². The zero-order chi connectivity index (χ0) is 19.9. The number of rotatable bonds is 6. The fourth-order valence-corrected chi connectivity index (χ4v) is 3.52. The van der Waals surface area contributed by atoms with E-state index in [4.69, 9.17) is 4.74 Å². The van der Waals surface area contributed by atoms with Gasteiger partial charge in [-0.1, -0.05) is 0 Å². The molecule has 7 nitrogen and oxygen atoms in total. The van der Waals surface area contributed by atoms with Crippen molar-refractivity contribution in [2.24, 2.45) is 10.9 Å². The van der Waals surface area contributed by atoms with Crippen LogP contribution in [0.15, 0.2) is 29.3 Å². The highest BCUT2D eigenvalue weighted by Crippen LogP contribution is 2.32. The summed E-state index contributed by atoms with van der Waals surface area (Å²) in [6.07, 6.45) is 1.91. The van der Waals surface area contributed by atoms with Gasteiger partial charge in [-0.25, -0.2) is 9.18 Å². The molecule has 1 amide bonds. The average molecular weight is 519 g/mol. The minimum Gasteiger partial charge on any atom is -0.450 e. The van der Waals surface area contributed by atoms with Crippen LogP contribution >= 0.6 is 24.0 Å². The number of alkyl carbamates (subject to hydrolysis) is 1. The number of ether oxygens (including phenoxy) is 1. The Morgan fingerprint density at radius 1 is 1.24 bits per heavy atom. The molecule has 1 unspecified atom stereocenters. The smallest absolute Gasteiger partial charge is 0.407 e. The van der Waals surface area contributed by atoms with Crippen molar-refractivity contribution in [3.8, 4) is 0 Å². The summed E-state index contributed by atoms with van der Waals surface area (Å²) >= 11 is 0. The molecular weight excluding hydrogens is 488 g/mol. The number of nitrogens with one attached hydrogen (secondary N) is 2. The van der Waals surface area contributed by atoms with Crippen molar-refractivity contribution in [2.75, 3.05) is 51.3 Å². The van der Waals surface area contributed by atoms with Gasteiger partial charge in [0.15, 0.2) is 5.96 Å². The van der Waals surface area contributed by atoms with Gasteiger partial charge in [0.25, 0.3) is 0 Å². The molecule has 1 aromatic rings. The van der Waals surface area contributed by atoms with Crippen LogP contribution in [0.1, 0.15) is 19.8 Å². The zero-order valence-corrected chi connectivity index (χ0v) is 19.4. The molecule has 1 aliphatic heterocycles. The molecule has 1 saturated heterocycles. The van der Waals surface area contributed by atoms with Gasteiger partial charge in [-0.05, 0) is 49.9 Å². The van der Waals surface area contributed by atoms with Crippen molar-refractivity contribution in [3.05, 3.63) is 30.1 Å². The van der Waals surface area contributed by atoms with Crippen LogP contribution in [-0.4, -0.2) is 69.4 Å². The van der Waals surface area contributed by atoms with E-state index >= 15 is 0 Å². The van der Waals surface area contributed by atoms with Crippen molar-refractivity contribution >= 4 is 41.7 Å². The topological polar surface area (TPSA) is 69.2 Å². The van der Waals surface area contributed by atoms with Crippen molar-refractivity contribution in [1.29, 1.82) is 0 Å². The van der Waals surface area contributed by atoms with Crippen LogP contribution in [-0.2, 0) is 4.74 Å². The Hall–Kier alpha value is -1.78. The van der Waals surface area contributed by atoms with Gasteiger partial charge in [-0.2, -0.15) is 0 Å². The number of hydrogen-bond acceptors (Lipinski definition) is 4. The summed E-state index contributed by atoms with van der Waals surface area (Å²) in [7, 11) is 1.78. The Balaban J connectivity index is 0.00000300. The van der Waals surface area contributed by atoms with Crippen LogP contribution in [0.2, 0.25) is 0 Å². The largest absolute Gasteiger partial charge is 0.450 e. The van der Waals surface area contributed by atoms with E-state index in [0.717, 1.165) is 50.7 Å². The number of piperazine rings is 1. The number of guanidine groups is 1. The molecule has 0 spiro atoms. The minimum atomic E-state index is -0.357. The van der Waals surface area contributed by atoms with E-state index in [2.05, 4.69) is 25.4 Å². The molecule has 1 heterocycles. The molecule has 0 bridgehead atoms. The molecular formula is C20H31FIN5O2. The fourth-order valence-electron chi connectivity index (χ4n) is 3.52. The lowest BCUT2D eigenvalue weighted by molar-refractivity contribution is 0.146. The van der Waals surface area contributed by atoms with E-state index in [1.165, 1.54) is 12.1 Å². The van der Waals surface area contributed by atoms with Crippen LogP contribution < -0.4 is 15.5 Å². The molecule has 2 fully saturated rings. The monoisotopic (exact) mass is 519 g/mol. The van der Waals surface area contributed by atoms with Crippen molar-refractivity contribution < 1.29 is 13.9 Å². The SMILES string of the molecule is CCOC(=O)NC(CNC(=NC)N1CCN(c2ccc(F)cc2)CC1)C1CC1.I.